The van der Waals surface area contributed by atoms with Crippen molar-refractivity contribution in [2.75, 3.05) is 4.90 Å². The average molecular weight is 586 g/mol. The molecule has 0 spiro atoms. The second kappa shape index (κ2) is 13.5. The van der Waals surface area contributed by atoms with Crippen LogP contribution in [0.1, 0.15) is 40.7 Å². The van der Waals surface area contributed by atoms with Crippen LogP contribution in [0.15, 0.2) is 53.4 Å². The van der Waals surface area contributed by atoms with E-state index in [9.17, 15) is 39.0 Å². The summed E-state index contributed by atoms with van der Waals surface area (Å²) in [7, 11) is 0. The molecule has 0 aromatic heterocycles. The molecule has 1 aliphatic heterocycles. The number of rotatable bonds is 12. The first-order chi connectivity index (χ1) is 18.9. The number of thiocarbonyl (C=S) groups is 1. The summed E-state index contributed by atoms with van der Waals surface area (Å²) in [6.07, 6.45) is 0.0725. The van der Waals surface area contributed by atoms with Crippen molar-refractivity contribution in [3.8, 4) is 0 Å². The third-order valence-electron chi connectivity index (χ3n) is 5.53. The normalized spacial score (nSPS) is 14.3. The first kappa shape index (κ1) is 30.0. The van der Waals surface area contributed by atoms with E-state index in [1.165, 1.54) is 23.1 Å². The SMILES string of the molecule is O=C(O)CC[C@@H](NC(=O)c1cccc(CN(C(=O)CC(=O)O)c2ccc(/C=C3\SC(=S)NC3=O)cc2)c1)C(=O)O. The monoisotopic (exact) mass is 585 g/mol. The largest absolute Gasteiger partial charge is 0.481 e. The number of aliphatic carboxylic acids is 3. The summed E-state index contributed by atoms with van der Waals surface area (Å²) in [5.41, 5.74) is 1.52. The summed E-state index contributed by atoms with van der Waals surface area (Å²) in [4.78, 5) is 72.5. The highest BCUT2D eigenvalue weighted by molar-refractivity contribution is 8.26. The van der Waals surface area contributed by atoms with Gasteiger partial charge in [0.15, 0.2) is 0 Å². The van der Waals surface area contributed by atoms with Gasteiger partial charge in [-0.1, -0.05) is 48.2 Å². The van der Waals surface area contributed by atoms with E-state index in [4.69, 9.17) is 17.3 Å². The van der Waals surface area contributed by atoms with Crippen LogP contribution >= 0.6 is 24.0 Å². The molecule has 1 atom stereocenters. The molecule has 1 fully saturated rings. The molecule has 1 heterocycles. The van der Waals surface area contributed by atoms with E-state index in [-0.39, 0.29) is 24.4 Å². The summed E-state index contributed by atoms with van der Waals surface area (Å²) in [5.74, 6) is -5.71. The number of anilines is 1. The highest BCUT2D eigenvalue weighted by Crippen LogP contribution is 2.27. The number of hydrogen-bond donors (Lipinski definition) is 5. The number of carbonyl (C=O) groups excluding carboxylic acids is 3. The maximum Gasteiger partial charge on any atom is 0.326 e. The van der Waals surface area contributed by atoms with Gasteiger partial charge in [0.05, 0.1) is 11.4 Å². The summed E-state index contributed by atoms with van der Waals surface area (Å²) >= 11 is 6.09. The van der Waals surface area contributed by atoms with Crippen molar-refractivity contribution in [3.05, 3.63) is 70.1 Å². The Bertz CT molecular complexity index is 1410. The molecule has 12 nitrogen and oxygen atoms in total. The number of carboxylic acids is 3. The van der Waals surface area contributed by atoms with Gasteiger partial charge in [0.1, 0.15) is 16.8 Å². The predicted molar refractivity (Wildman–Crippen MR) is 148 cm³/mol. The lowest BCUT2D eigenvalue weighted by atomic mass is 10.1. The van der Waals surface area contributed by atoms with E-state index in [2.05, 4.69) is 10.6 Å². The molecule has 2 aromatic carbocycles. The summed E-state index contributed by atoms with van der Waals surface area (Å²) in [6, 6.07) is 11.0. The maximum absolute atomic E-state index is 12.8. The molecule has 1 saturated heterocycles. The van der Waals surface area contributed by atoms with Crippen molar-refractivity contribution < 1.29 is 44.1 Å². The van der Waals surface area contributed by atoms with Gasteiger partial charge in [-0.3, -0.25) is 24.0 Å². The van der Waals surface area contributed by atoms with Crippen molar-refractivity contribution in [2.24, 2.45) is 0 Å². The van der Waals surface area contributed by atoms with Gasteiger partial charge in [0.2, 0.25) is 5.91 Å². The molecule has 0 saturated carbocycles. The smallest absolute Gasteiger partial charge is 0.326 e. The second-order valence-corrected chi connectivity index (χ2v) is 10.2. The molecule has 14 heteroatoms. The highest BCUT2D eigenvalue weighted by atomic mass is 32.2. The van der Waals surface area contributed by atoms with Crippen LogP contribution in [-0.2, 0) is 30.5 Å². The summed E-state index contributed by atoms with van der Waals surface area (Å²) in [5, 5.41) is 32.1. The zero-order valence-corrected chi connectivity index (χ0v) is 22.3. The first-order valence-corrected chi connectivity index (χ1v) is 12.9. The minimum Gasteiger partial charge on any atom is -0.481 e. The third kappa shape index (κ3) is 8.47. The molecule has 0 bridgehead atoms. The standard InChI is InChI=1S/C26H23N3O9S2/c30-20(12-22(33)34)29(17-6-4-14(5-7-17)11-19-24(36)28-26(39)40-19)13-15-2-1-3-16(10-15)23(35)27-18(25(37)38)8-9-21(31)32/h1-7,10-11,18H,8-9,12-13H2,(H,27,35)(H,31,32)(H,33,34)(H,37,38)(H,28,36,39)/b19-11-/t18-/m1/s1. The third-order valence-corrected chi connectivity index (χ3v) is 6.69. The van der Waals surface area contributed by atoms with Crippen molar-refractivity contribution >= 4 is 75.7 Å². The lowest BCUT2D eigenvalue weighted by Crippen LogP contribution is -2.41. The zero-order valence-electron chi connectivity index (χ0n) is 20.7. The number of thioether (sulfide) groups is 1. The Balaban J connectivity index is 1.82. The minimum atomic E-state index is -1.42. The average Bonchev–Trinajstić information content (AvgIpc) is 3.20. The van der Waals surface area contributed by atoms with Gasteiger partial charge in [-0.05, 0) is 47.9 Å². The number of hydrogen-bond acceptors (Lipinski definition) is 8. The van der Waals surface area contributed by atoms with Crippen LogP contribution in [0, 0.1) is 0 Å². The lowest BCUT2D eigenvalue weighted by molar-refractivity contribution is -0.142. The molecule has 0 aliphatic carbocycles. The molecular weight excluding hydrogens is 562 g/mol. The number of carbonyl (C=O) groups is 6. The Kier molecular flexibility index (Phi) is 10.1. The molecule has 2 aromatic rings. The van der Waals surface area contributed by atoms with Gasteiger partial charge >= 0.3 is 17.9 Å². The molecule has 3 rings (SSSR count). The highest BCUT2D eigenvalue weighted by Gasteiger charge is 2.24. The number of amides is 3. The van der Waals surface area contributed by atoms with Gasteiger partial charge in [-0.25, -0.2) is 4.79 Å². The molecular formula is C26H23N3O9S2. The van der Waals surface area contributed by atoms with Crippen molar-refractivity contribution in [1.82, 2.24) is 10.6 Å². The van der Waals surface area contributed by atoms with Crippen molar-refractivity contribution in [1.29, 1.82) is 0 Å². The van der Waals surface area contributed by atoms with Crippen molar-refractivity contribution in [3.63, 3.8) is 0 Å². The Labute approximate surface area is 237 Å². The summed E-state index contributed by atoms with van der Waals surface area (Å²) < 4.78 is 0.341. The van der Waals surface area contributed by atoms with Crippen LogP contribution in [-0.4, -0.2) is 61.3 Å². The Hall–Kier alpha value is -4.56. The fourth-order valence-corrected chi connectivity index (χ4v) is 4.68. The fourth-order valence-electron chi connectivity index (χ4n) is 3.63. The van der Waals surface area contributed by atoms with E-state index >= 15 is 0 Å². The summed E-state index contributed by atoms with van der Waals surface area (Å²) in [6.45, 7) is -0.110. The topological polar surface area (TPSA) is 190 Å². The molecule has 5 N–H and O–H groups in total. The van der Waals surface area contributed by atoms with Crippen LogP contribution < -0.4 is 15.5 Å². The Morgan fingerprint density at radius 3 is 2.30 bits per heavy atom. The fraction of sp³-hybridized carbons (Fsp3) is 0.192. The molecule has 1 aliphatic rings. The second-order valence-electron chi connectivity index (χ2n) is 8.49. The number of benzene rings is 2. The lowest BCUT2D eigenvalue weighted by Gasteiger charge is -2.23. The van der Waals surface area contributed by atoms with Gasteiger partial charge < -0.3 is 30.9 Å². The van der Waals surface area contributed by atoms with Crippen LogP contribution in [0.2, 0.25) is 0 Å². The van der Waals surface area contributed by atoms with E-state index in [1.807, 2.05) is 0 Å². The first-order valence-electron chi connectivity index (χ1n) is 11.6. The number of nitrogens with zero attached hydrogens (tertiary/aromatic N) is 1. The van der Waals surface area contributed by atoms with E-state index in [0.717, 1.165) is 11.8 Å². The zero-order chi connectivity index (χ0) is 29.4. The van der Waals surface area contributed by atoms with Crippen LogP contribution in [0.25, 0.3) is 6.08 Å². The molecule has 0 radical (unpaired) electrons. The van der Waals surface area contributed by atoms with Crippen molar-refractivity contribution in [2.45, 2.75) is 31.8 Å². The van der Waals surface area contributed by atoms with Gasteiger partial charge in [0, 0.05) is 17.7 Å². The predicted octanol–water partition coefficient (Wildman–Crippen LogP) is 2.23. The molecule has 208 valence electrons. The molecule has 3 amide bonds. The van der Waals surface area contributed by atoms with E-state index in [0.29, 0.717) is 26.0 Å². The van der Waals surface area contributed by atoms with Crippen LogP contribution in [0.4, 0.5) is 5.69 Å². The maximum atomic E-state index is 12.8. The Morgan fingerprint density at radius 2 is 1.73 bits per heavy atom. The van der Waals surface area contributed by atoms with Crippen LogP contribution in [0.3, 0.4) is 0 Å². The minimum absolute atomic E-state index is 0.0666. The molecule has 40 heavy (non-hydrogen) atoms. The van der Waals surface area contributed by atoms with Gasteiger partial charge in [-0.15, -0.1) is 0 Å². The van der Waals surface area contributed by atoms with Gasteiger partial charge in [-0.2, -0.15) is 0 Å². The van der Waals surface area contributed by atoms with Gasteiger partial charge in [0.25, 0.3) is 11.8 Å². The number of carboxylic acid groups (broad SMARTS) is 3. The number of nitrogens with one attached hydrogen (secondary N) is 2. The van der Waals surface area contributed by atoms with E-state index < -0.39 is 48.6 Å². The Morgan fingerprint density at radius 1 is 1.02 bits per heavy atom. The van der Waals surface area contributed by atoms with E-state index in [1.54, 1.807) is 36.4 Å². The quantitative estimate of drug-likeness (QED) is 0.139. The van der Waals surface area contributed by atoms with Crippen LogP contribution in [0.5, 0.6) is 0 Å². The molecule has 0 unspecified atom stereocenters.